The molecule has 3 heterocycles. The third kappa shape index (κ3) is 5.08. The number of H-pyrrole nitrogens is 1. The Morgan fingerprint density at radius 3 is 2.50 bits per heavy atom. The monoisotopic (exact) mass is 524 g/mol. The molecule has 1 saturated heterocycles. The van der Waals surface area contributed by atoms with E-state index in [0.29, 0.717) is 34.8 Å². The molecule has 0 bridgehead atoms. The molecule has 0 radical (unpaired) electrons. The quantitative estimate of drug-likeness (QED) is 0.378. The highest BCUT2D eigenvalue weighted by molar-refractivity contribution is 9.10. The van der Waals surface area contributed by atoms with Crippen LogP contribution in [0.4, 0.5) is 8.78 Å². The summed E-state index contributed by atoms with van der Waals surface area (Å²) in [6.07, 6.45) is 5.13. The highest BCUT2D eigenvalue weighted by Gasteiger charge is 2.17. The lowest BCUT2D eigenvalue weighted by Gasteiger charge is -2.23. The number of halogens is 3. The van der Waals surface area contributed by atoms with Gasteiger partial charge in [0.15, 0.2) is 0 Å². The number of hydrogen-bond acceptors (Lipinski definition) is 4. The number of hydrogen-bond donors (Lipinski definition) is 2. The van der Waals surface area contributed by atoms with Crippen LogP contribution in [0.5, 0.6) is 0 Å². The molecule has 0 atom stereocenters. The molecule has 2 N–H and O–H groups in total. The Morgan fingerprint density at radius 2 is 1.79 bits per heavy atom. The number of rotatable bonds is 5. The minimum absolute atomic E-state index is 0.173. The van der Waals surface area contributed by atoms with Gasteiger partial charge in [-0.15, -0.1) is 0 Å². The van der Waals surface area contributed by atoms with Gasteiger partial charge in [-0.3, -0.25) is 9.78 Å². The van der Waals surface area contributed by atoms with Crippen LogP contribution < -0.4 is 10.9 Å². The number of benzene rings is 2. The van der Waals surface area contributed by atoms with Crippen molar-refractivity contribution >= 4 is 26.8 Å². The molecule has 5 nitrogen and oxygen atoms in total. The number of nitrogens with one attached hydrogen (secondary N) is 2. The van der Waals surface area contributed by atoms with E-state index in [4.69, 9.17) is 4.98 Å². The highest BCUT2D eigenvalue weighted by Crippen LogP contribution is 2.26. The molecule has 174 valence electrons. The van der Waals surface area contributed by atoms with E-state index < -0.39 is 11.6 Å². The average molecular weight is 525 g/mol. The summed E-state index contributed by atoms with van der Waals surface area (Å²) < 4.78 is 27.9. The van der Waals surface area contributed by atoms with E-state index in [9.17, 15) is 13.6 Å². The van der Waals surface area contributed by atoms with Crippen LogP contribution in [-0.4, -0.2) is 28.0 Å². The first-order valence-corrected chi connectivity index (χ1v) is 12.1. The Balaban J connectivity index is 1.44. The van der Waals surface area contributed by atoms with Gasteiger partial charge in [-0.25, -0.2) is 13.8 Å². The van der Waals surface area contributed by atoms with E-state index in [1.807, 2.05) is 12.1 Å². The van der Waals surface area contributed by atoms with E-state index in [1.165, 1.54) is 12.1 Å². The van der Waals surface area contributed by atoms with Gasteiger partial charge in [0.2, 0.25) is 0 Å². The number of fused-ring (bicyclic) bond motifs is 1. The minimum atomic E-state index is -0.647. The number of aromatic nitrogens is 3. The molecular formula is C26H23BrF2N4O. The van der Waals surface area contributed by atoms with Gasteiger partial charge in [0.05, 0.1) is 16.6 Å². The summed E-state index contributed by atoms with van der Waals surface area (Å²) in [6, 6.07) is 10.7. The topological polar surface area (TPSA) is 70.7 Å². The maximum Gasteiger partial charge on any atom is 0.258 e. The van der Waals surface area contributed by atoms with Gasteiger partial charge < -0.3 is 10.3 Å². The summed E-state index contributed by atoms with van der Waals surface area (Å²) in [5, 5.41) is 3.96. The lowest BCUT2D eigenvalue weighted by molar-refractivity contribution is 0.373. The normalized spacial score (nSPS) is 14.6. The Hall–Kier alpha value is -2.97. The van der Waals surface area contributed by atoms with E-state index in [2.05, 4.69) is 37.3 Å². The Morgan fingerprint density at radius 1 is 1.03 bits per heavy atom. The SMILES string of the molecule is O=c1[nH]c(Cc2ccc(-c3cc(F)cc(F)c3)nc2)nc2c(CC3CCNCC3)cc(Br)cc12. The lowest BCUT2D eigenvalue weighted by Crippen LogP contribution is -2.28. The fourth-order valence-corrected chi connectivity index (χ4v) is 5.06. The van der Waals surface area contributed by atoms with E-state index in [-0.39, 0.29) is 5.56 Å². The summed E-state index contributed by atoms with van der Waals surface area (Å²) in [5.74, 6) is -0.179. The second-order valence-electron chi connectivity index (χ2n) is 8.76. The van der Waals surface area contributed by atoms with Crippen LogP contribution in [0.3, 0.4) is 0 Å². The molecule has 0 amide bonds. The first-order valence-electron chi connectivity index (χ1n) is 11.3. The van der Waals surface area contributed by atoms with Crippen LogP contribution in [0.15, 0.2) is 57.9 Å². The molecule has 2 aromatic heterocycles. The number of pyridine rings is 1. The second-order valence-corrected chi connectivity index (χ2v) is 9.67. The maximum atomic E-state index is 13.5. The molecule has 2 aromatic carbocycles. The van der Waals surface area contributed by atoms with Gasteiger partial charge >= 0.3 is 0 Å². The molecule has 0 unspecified atom stereocenters. The van der Waals surface area contributed by atoms with Crippen molar-refractivity contribution in [1.82, 2.24) is 20.3 Å². The van der Waals surface area contributed by atoms with Crippen molar-refractivity contribution in [3.05, 3.63) is 92.1 Å². The van der Waals surface area contributed by atoms with Crippen LogP contribution in [0.25, 0.3) is 22.2 Å². The van der Waals surface area contributed by atoms with Crippen molar-refractivity contribution in [1.29, 1.82) is 0 Å². The van der Waals surface area contributed by atoms with Crippen molar-refractivity contribution in [2.24, 2.45) is 5.92 Å². The molecule has 5 rings (SSSR count). The van der Waals surface area contributed by atoms with Crippen LogP contribution in [0.1, 0.15) is 29.8 Å². The molecule has 1 fully saturated rings. The molecule has 34 heavy (non-hydrogen) atoms. The van der Waals surface area contributed by atoms with Crippen LogP contribution >= 0.6 is 15.9 Å². The highest BCUT2D eigenvalue weighted by atomic mass is 79.9. The third-order valence-electron chi connectivity index (χ3n) is 6.22. The largest absolute Gasteiger partial charge is 0.317 e. The first-order chi connectivity index (χ1) is 16.4. The van der Waals surface area contributed by atoms with Crippen LogP contribution in [0, 0.1) is 17.6 Å². The number of aromatic amines is 1. The standard InChI is InChI=1S/C26H23BrF2N4O/c27-19-9-18(7-15-3-5-30-6-4-15)25-22(12-19)26(34)33-24(32-25)8-16-1-2-23(31-14-16)17-10-20(28)13-21(29)11-17/h1-2,9-15,30H,3-8H2,(H,32,33,34). The van der Waals surface area contributed by atoms with Crippen molar-refractivity contribution in [3.8, 4) is 11.3 Å². The third-order valence-corrected chi connectivity index (χ3v) is 6.68. The zero-order valence-corrected chi connectivity index (χ0v) is 20.0. The van der Waals surface area contributed by atoms with Gasteiger partial charge in [-0.2, -0.15) is 0 Å². The summed E-state index contributed by atoms with van der Waals surface area (Å²) in [7, 11) is 0. The lowest BCUT2D eigenvalue weighted by atomic mass is 9.90. The predicted octanol–water partition coefficient (Wildman–Crippen LogP) is 5.16. The fraction of sp³-hybridized carbons (Fsp3) is 0.269. The summed E-state index contributed by atoms with van der Waals surface area (Å²) in [6.45, 7) is 2.03. The average Bonchev–Trinajstić information content (AvgIpc) is 2.80. The smallest absolute Gasteiger partial charge is 0.258 e. The van der Waals surface area contributed by atoms with E-state index >= 15 is 0 Å². The van der Waals surface area contributed by atoms with Crippen molar-refractivity contribution < 1.29 is 8.78 Å². The molecule has 0 spiro atoms. The molecule has 0 aliphatic carbocycles. The summed E-state index contributed by atoms with van der Waals surface area (Å²) in [4.78, 5) is 24.9. The van der Waals surface area contributed by atoms with E-state index in [1.54, 1.807) is 12.3 Å². The molecule has 1 aliphatic rings. The molecule has 0 saturated carbocycles. The van der Waals surface area contributed by atoms with Gasteiger partial charge in [0.1, 0.15) is 17.5 Å². The van der Waals surface area contributed by atoms with Crippen molar-refractivity contribution in [3.63, 3.8) is 0 Å². The molecule has 4 aromatic rings. The first kappa shape index (κ1) is 22.8. The van der Waals surface area contributed by atoms with Gasteiger partial charge in [0.25, 0.3) is 5.56 Å². The minimum Gasteiger partial charge on any atom is -0.317 e. The van der Waals surface area contributed by atoms with Crippen LogP contribution in [-0.2, 0) is 12.8 Å². The Labute approximate surface area is 203 Å². The second kappa shape index (κ2) is 9.72. The molecular weight excluding hydrogens is 502 g/mol. The summed E-state index contributed by atoms with van der Waals surface area (Å²) >= 11 is 3.54. The molecule has 1 aliphatic heterocycles. The van der Waals surface area contributed by atoms with E-state index in [0.717, 1.165) is 59.5 Å². The van der Waals surface area contributed by atoms with Gasteiger partial charge in [0, 0.05) is 28.7 Å². The zero-order valence-electron chi connectivity index (χ0n) is 18.4. The fourth-order valence-electron chi connectivity index (χ4n) is 4.55. The Kier molecular flexibility index (Phi) is 6.52. The van der Waals surface area contributed by atoms with Gasteiger partial charge in [-0.1, -0.05) is 22.0 Å². The van der Waals surface area contributed by atoms with Crippen LogP contribution in [0.2, 0.25) is 0 Å². The number of nitrogens with zero attached hydrogens (tertiary/aromatic N) is 2. The maximum absolute atomic E-state index is 13.5. The molecule has 8 heteroatoms. The number of piperidine rings is 1. The van der Waals surface area contributed by atoms with Crippen molar-refractivity contribution in [2.75, 3.05) is 13.1 Å². The zero-order chi connectivity index (χ0) is 23.7. The predicted molar refractivity (Wildman–Crippen MR) is 132 cm³/mol. The van der Waals surface area contributed by atoms with Crippen molar-refractivity contribution in [2.45, 2.75) is 25.7 Å². The Bertz CT molecular complexity index is 1380. The summed E-state index contributed by atoms with van der Waals surface area (Å²) in [5.41, 5.74) is 3.31. The van der Waals surface area contributed by atoms with Gasteiger partial charge in [-0.05, 0) is 79.7 Å².